The number of nitrogens with two attached hydrogens (primary N) is 2. The Hall–Kier alpha value is -4.85. The molecule has 1 rings (SSSR count). The van der Waals surface area contributed by atoms with Crippen LogP contribution in [0.1, 0.15) is 83.1 Å². The fourth-order valence-corrected chi connectivity index (χ4v) is 5.41. The van der Waals surface area contributed by atoms with Gasteiger partial charge in [-0.3, -0.25) is 33.6 Å². The number of primary amides is 1. The number of carboxylic acid groups (broad SMARTS) is 1. The monoisotopic (exact) mass is 767 g/mol. The van der Waals surface area contributed by atoms with E-state index in [9.17, 15) is 43.8 Å². The van der Waals surface area contributed by atoms with Gasteiger partial charge in [0.15, 0.2) is 0 Å². The molecule has 0 bridgehead atoms. The summed E-state index contributed by atoms with van der Waals surface area (Å²) in [5.74, 6) is -5.51. The summed E-state index contributed by atoms with van der Waals surface area (Å²) in [5, 5.41) is 31.7. The Morgan fingerprint density at radius 3 is 1.48 bits per heavy atom. The number of quaternary nitrogens is 3. The predicted molar refractivity (Wildman–Crippen MR) is 196 cm³/mol. The molecule has 0 spiro atoms. The minimum Gasteiger partial charge on any atom is -0.508 e. The van der Waals surface area contributed by atoms with Crippen LogP contribution in [0.4, 0.5) is 0 Å². The Morgan fingerprint density at radius 1 is 0.611 bits per heavy atom. The molecule has 0 aliphatic carbocycles. The van der Waals surface area contributed by atoms with Gasteiger partial charge in [-0.2, -0.15) is 0 Å². The number of carbonyl (C=O) groups excluding carboxylic acids is 6. The Bertz CT molecular complexity index is 1370. The number of aliphatic carboxylic acids is 1. The normalized spacial score (nSPS) is 14.3. The maximum atomic E-state index is 13.5. The Balaban J connectivity index is 3.08. The minimum atomic E-state index is -1.41. The topological polar surface area (TPSA) is 355 Å². The van der Waals surface area contributed by atoms with Crippen LogP contribution >= 0.6 is 0 Å². The minimum absolute atomic E-state index is 0.0500. The average Bonchev–Trinajstić information content (AvgIpc) is 3.12. The number of unbranched alkanes of at least 4 members (excludes halogenated alkanes) is 3. The second-order valence-corrected chi connectivity index (χ2v) is 13.3. The zero-order chi connectivity index (χ0) is 40.6. The van der Waals surface area contributed by atoms with Crippen LogP contribution in [0.15, 0.2) is 24.3 Å². The lowest BCUT2D eigenvalue weighted by atomic mass is 10.0. The number of hydrogen-bond acceptors (Lipinski definition) is 9. The van der Waals surface area contributed by atoms with Crippen LogP contribution < -0.4 is 55.3 Å². The molecule has 20 N–H and O–H groups in total. The molecule has 304 valence electrons. The van der Waals surface area contributed by atoms with Crippen LogP contribution in [0.2, 0.25) is 0 Å². The third-order valence-corrected chi connectivity index (χ3v) is 8.66. The van der Waals surface area contributed by atoms with Gasteiger partial charge in [-0.1, -0.05) is 12.1 Å². The van der Waals surface area contributed by atoms with Crippen molar-refractivity contribution in [1.82, 2.24) is 26.6 Å². The molecule has 1 aromatic carbocycles. The number of nitrogens with one attached hydrogen (secondary N) is 5. The maximum Gasteiger partial charge on any atom is 0.303 e. The maximum absolute atomic E-state index is 13.5. The van der Waals surface area contributed by atoms with Crippen molar-refractivity contribution >= 4 is 41.4 Å². The first-order valence-electron chi connectivity index (χ1n) is 18.6. The number of aromatic hydroxyl groups is 1. The van der Waals surface area contributed by atoms with E-state index in [1.54, 1.807) is 12.1 Å². The molecule has 0 unspecified atom stereocenters. The van der Waals surface area contributed by atoms with Gasteiger partial charge in [0, 0.05) is 6.42 Å². The smallest absolute Gasteiger partial charge is 0.303 e. The summed E-state index contributed by atoms with van der Waals surface area (Å²) in [6, 6.07) is -0.704. The van der Waals surface area contributed by atoms with Crippen LogP contribution in [0.3, 0.4) is 0 Å². The van der Waals surface area contributed by atoms with Crippen molar-refractivity contribution in [2.75, 3.05) is 19.6 Å². The van der Waals surface area contributed by atoms with E-state index in [2.05, 4.69) is 43.8 Å². The molecule has 19 heteroatoms. The summed E-state index contributed by atoms with van der Waals surface area (Å²) >= 11 is 0. The highest BCUT2D eigenvalue weighted by atomic mass is 16.4. The first-order chi connectivity index (χ1) is 25.6. The van der Waals surface area contributed by atoms with Crippen molar-refractivity contribution < 1.29 is 61.0 Å². The zero-order valence-corrected chi connectivity index (χ0v) is 31.4. The molecule has 0 heterocycles. The third kappa shape index (κ3) is 18.8. The van der Waals surface area contributed by atoms with E-state index in [1.165, 1.54) is 19.1 Å². The van der Waals surface area contributed by atoms with Gasteiger partial charge in [0.1, 0.15) is 36.0 Å². The second kappa shape index (κ2) is 26.0. The number of rotatable bonds is 28. The molecular weight excluding hydrogens is 704 g/mol. The van der Waals surface area contributed by atoms with Crippen LogP contribution in [0.25, 0.3) is 0 Å². The summed E-state index contributed by atoms with van der Waals surface area (Å²) in [7, 11) is 0. The molecule has 0 fully saturated rings. The fourth-order valence-electron chi connectivity index (χ4n) is 5.41. The molecule has 6 atom stereocenters. The van der Waals surface area contributed by atoms with Gasteiger partial charge in [-0.05, 0) is 95.2 Å². The molecule has 0 radical (unpaired) electrons. The summed E-state index contributed by atoms with van der Waals surface area (Å²) in [6.45, 7) is 3.18. The van der Waals surface area contributed by atoms with E-state index in [0.717, 1.165) is 6.42 Å². The van der Waals surface area contributed by atoms with Gasteiger partial charge in [-0.25, -0.2) is 0 Å². The molecule has 0 aliphatic heterocycles. The van der Waals surface area contributed by atoms with Gasteiger partial charge in [0.2, 0.25) is 35.4 Å². The van der Waals surface area contributed by atoms with E-state index >= 15 is 0 Å². The summed E-state index contributed by atoms with van der Waals surface area (Å²) in [4.78, 5) is 90.0. The lowest BCUT2D eigenvalue weighted by molar-refractivity contribution is -0.369. The van der Waals surface area contributed by atoms with Crippen molar-refractivity contribution in [3.8, 4) is 5.75 Å². The molecule has 54 heavy (non-hydrogen) atoms. The number of carboxylic acids is 1. The largest absolute Gasteiger partial charge is 0.508 e. The van der Waals surface area contributed by atoms with Crippen molar-refractivity contribution in [2.45, 2.75) is 120 Å². The molecule has 19 nitrogen and oxygen atoms in total. The molecule has 0 aliphatic rings. The van der Waals surface area contributed by atoms with Gasteiger partial charge in [-0.15, -0.1) is 0 Å². The number of amides is 6. The quantitative estimate of drug-likeness (QED) is 0.0362. The number of hydrogen-bond donors (Lipinski definition) is 12. The highest BCUT2D eigenvalue weighted by Gasteiger charge is 2.31. The molecule has 1 aromatic rings. The predicted octanol–water partition coefficient (Wildman–Crippen LogP) is -4.71. The van der Waals surface area contributed by atoms with Gasteiger partial charge >= 0.3 is 5.97 Å². The van der Waals surface area contributed by atoms with Crippen molar-refractivity contribution in [3.63, 3.8) is 0 Å². The van der Waals surface area contributed by atoms with Crippen molar-refractivity contribution in [2.24, 2.45) is 11.5 Å². The SMILES string of the molecule is C[C@H](NC(=O)[C@H](CCC(=O)O)NC(=O)[C@H](CCCC[NH3+])NC(=O)[C@@H](N)Cc1ccc(O)cc1)C(=O)N[C@@H](CCCC[NH3+])C(=O)N[C@@H](CCCC[NH3+])C(N)=O. The van der Waals surface area contributed by atoms with Gasteiger partial charge in [0.25, 0.3) is 0 Å². The van der Waals surface area contributed by atoms with E-state index in [0.29, 0.717) is 63.7 Å². The van der Waals surface area contributed by atoms with Crippen molar-refractivity contribution in [1.29, 1.82) is 0 Å². The van der Waals surface area contributed by atoms with E-state index < -0.39 is 84.1 Å². The Labute approximate surface area is 315 Å². The van der Waals surface area contributed by atoms with Crippen LogP contribution in [-0.2, 0) is 40.0 Å². The molecule has 6 amide bonds. The summed E-state index contributed by atoms with van der Waals surface area (Å²) in [5.41, 5.74) is 23.6. The average molecular weight is 768 g/mol. The van der Waals surface area contributed by atoms with Gasteiger partial charge in [0.05, 0.1) is 25.7 Å². The van der Waals surface area contributed by atoms with E-state index in [-0.39, 0.29) is 31.4 Å². The number of carbonyl (C=O) groups is 7. The fraction of sp³-hybridized carbons (Fsp3) is 0.629. The van der Waals surface area contributed by atoms with Crippen LogP contribution in [0.5, 0.6) is 5.75 Å². The summed E-state index contributed by atoms with van der Waals surface area (Å²) in [6.07, 6.45) is 3.66. The molecular formula is C35H63N10O9+3. The number of benzene rings is 1. The first kappa shape index (κ1) is 47.2. The lowest BCUT2D eigenvalue weighted by Crippen LogP contribution is -2.59. The third-order valence-electron chi connectivity index (χ3n) is 8.66. The second-order valence-electron chi connectivity index (χ2n) is 13.3. The standard InChI is InChI=1S/C35H60N10O9/c1-21(31(50)43-26(9-3-6-18-37)34(53)42-25(30(40)49)8-2-5-17-36)41-33(52)28(15-16-29(47)48)45-35(54)27(10-4-7-19-38)44-32(51)24(39)20-22-11-13-23(46)14-12-22/h11-14,21,24-28,46H,2-10,15-20,36-39H2,1H3,(H2,40,49)(H,41,52)(H,42,53)(H,43,50)(H,44,51)(H,45,54)(H,47,48)/p+3/t21-,24-,25-,26-,27-,28-/m0/s1. The van der Waals surface area contributed by atoms with Gasteiger partial charge < -0.3 is 65.5 Å². The Kier molecular flexibility index (Phi) is 22.7. The van der Waals surface area contributed by atoms with E-state index in [1.807, 2.05) is 0 Å². The lowest BCUT2D eigenvalue weighted by Gasteiger charge is -2.26. The first-order valence-corrected chi connectivity index (χ1v) is 18.6. The Morgan fingerprint density at radius 2 is 1.02 bits per heavy atom. The molecule has 0 saturated heterocycles. The highest BCUT2D eigenvalue weighted by molar-refractivity contribution is 5.96. The highest BCUT2D eigenvalue weighted by Crippen LogP contribution is 2.12. The van der Waals surface area contributed by atoms with E-state index in [4.69, 9.17) is 11.5 Å². The summed E-state index contributed by atoms with van der Waals surface area (Å²) < 4.78 is 0. The molecule has 0 saturated carbocycles. The van der Waals surface area contributed by atoms with Crippen LogP contribution in [0, 0.1) is 0 Å². The number of phenolic OH excluding ortho intramolecular Hbond substituents is 1. The number of phenols is 1. The molecule has 0 aromatic heterocycles. The zero-order valence-electron chi connectivity index (χ0n) is 31.4. The van der Waals surface area contributed by atoms with Crippen LogP contribution in [-0.4, -0.2) is 108 Å². The van der Waals surface area contributed by atoms with Crippen molar-refractivity contribution in [3.05, 3.63) is 29.8 Å².